The van der Waals surface area contributed by atoms with Crippen LogP contribution in [0.25, 0.3) is 11.0 Å². The van der Waals surface area contributed by atoms with Crippen LogP contribution in [0.5, 0.6) is 0 Å². The summed E-state index contributed by atoms with van der Waals surface area (Å²) >= 11 is 0. The fourth-order valence-corrected chi connectivity index (χ4v) is 3.49. The van der Waals surface area contributed by atoms with Gasteiger partial charge >= 0.3 is 0 Å². The standard InChI is InChI=1S/C18H22N6/c19-12-13-8-10-14(11-9-13)20-17-6-3-7-18(21-17)24-16-5-2-1-4-15(16)22-23-24/h1-7,12-14,18-21H,8-11H2. The molecule has 3 N–H and O–H groups in total. The number of hydrogen-bond acceptors (Lipinski definition) is 5. The molecule has 0 radical (unpaired) electrons. The Morgan fingerprint density at radius 3 is 2.88 bits per heavy atom. The Morgan fingerprint density at radius 1 is 1.21 bits per heavy atom. The highest BCUT2D eigenvalue weighted by molar-refractivity contribution is 5.74. The molecule has 6 nitrogen and oxygen atoms in total. The topological polar surface area (TPSA) is 78.6 Å². The van der Waals surface area contributed by atoms with Crippen LogP contribution in [0.1, 0.15) is 31.8 Å². The molecule has 1 aliphatic carbocycles. The zero-order valence-corrected chi connectivity index (χ0v) is 13.5. The fraction of sp³-hybridized carbons (Fsp3) is 0.389. The highest BCUT2D eigenvalue weighted by atomic mass is 15.5. The number of allylic oxidation sites excluding steroid dienone is 2. The summed E-state index contributed by atoms with van der Waals surface area (Å²) in [5, 5.41) is 23.0. The molecule has 6 heteroatoms. The van der Waals surface area contributed by atoms with E-state index in [1.54, 1.807) is 6.21 Å². The lowest BCUT2D eigenvalue weighted by atomic mass is 9.87. The van der Waals surface area contributed by atoms with Gasteiger partial charge in [0.25, 0.3) is 0 Å². The molecule has 2 aromatic rings. The molecule has 124 valence electrons. The second-order valence-electron chi connectivity index (χ2n) is 6.50. The van der Waals surface area contributed by atoms with E-state index in [0.717, 1.165) is 42.5 Å². The van der Waals surface area contributed by atoms with E-state index in [4.69, 9.17) is 5.41 Å². The maximum atomic E-state index is 7.39. The molecule has 4 rings (SSSR count). The Bertz CT molecular complexity index is 782. The van der Waals surface area contributed by atoms with Crippen LogP contribution in [0.3, 0.4) is 0 Å². The minimum absolute atomic E-state index is 0.0391. The van der Waals surface area contributed by atoms with Crippen molar-refractivity contribution >= 4 is 17.2 Å². The normalized spacial score (nSPS) is 26.7. The van der Waals surface area contributed by atoms with Crippen LogP contribution < -0.4 is 10.6 Å². The molecular formula is C18H22N6. The number of para-hydroxylation sites is 1. The SMILES string of the molecule is N=CC1CCC(NC2=CC=CC(n3nnc4ccccc43)N2)CC1. The number of benzene rings is 1. The van der Waals surface area contributed by atoms with E-state index in [2.05, 4.69) is 39.2 Å². The molecule has 0 amide bonds. The van der Waals surface area contributed by atoms with Crippen molar-refractivity contribution < 1.29 is 0 Å². The van der Waals surface area contributed by atoms with E-state index in [-0.39, 0.29) is 6.17 Å². The van der Waals surface area contributed by atoms with Crippen LogP contribution >= 0.6 is 0 Å². The van der Waals surface area contributed by atoms with Crippen molar-refractivity contribution in [3.05, 3.63) is 48.3 Å². The summed E-state index contributed by atoms with van der Waals surface area (Å²) in [6, 6.07) is 8.46. The van der Waals surface area contributed by atoms with Crippen molar-refractivity contribution in [2.24, 2.45) is 5.92 Å². The van der Waals surface area contributed by atoms with Crippen molar-refractivity contribution in [2.75, 3.05) is 0 Å². The average Bonchev–Trinajstić information content (AvgIpc) is 3.07. The van der Waals surface area contributed by atoms with E-state index in [0.29, 0.717) is 12.0 Å². The highest BCUT2D eigenvalue weighted by Crippen LogP contribution is 2.24. The van der Waals surface area contributed by atoms with Crippen molar-refractivity contribution in [1.29, 1.82) is 5.41 Å². The molecule has 1 saturated carbocycles. The largest absolute Gasteiger partial charge is 0.369 e. The molecule has 0 bridgehead atoms. The molecule has 2 aliphatic rings. The van der Waals surface area contributed by atoms with Crippen LogP contribution in [0.15, 0.2) is 48.3 Å². The molecular weight excluding hydrogens is 300 g/mol. The van der Waals surface area contributed by atoms with Gasteiger partial charge in [0.15, 0.2) is 0 Å². The number of dihydropyridines is 1. The lowest BCUT2D eigenvalue weighted by Gasteiger charge is -2.31. The van der Waals surface area contributed by atoms with Gasteiger partial charge in [0.2, 0.25) is 0 Å². The van der Waals surface area contributed by atoms with Crippen molar-refractivity contribution in [3.8, 4) is 0 Å². The summed E-state index contributed by atoms with van der Waals surface area (Å²) in [4.78, 5) is 0. The molecule has 1 atom stereocenters. The number of nitrogens with zero attached hydrogens (tertiary/aromatic N) is 3. The minimum Gasteiger partial charge on any atom is -0.369 e. The van der Waals surface area contributed by atoms with E-state index >= 15 is 0 Å². The Hall–Kier alpha value is -2.63. The van der Waals surface area contributed by atoms with Crippen LogP contribution in [0.4, 0.5) is 0 Å². The van der Waals surface area contributed by atoms with Crippen LogP contribution in [-0.4, -0.2) is 27.3 Å². The summed E-state index contributed by atoms with van der Waals surface area (Å²) in [7, 11) is 0. The Kier molecular flexibility index (Phi) is 4.02. The van der Waals surface area contributed by atoms with E-state index in [9.17, 15) is 0 Å². The number of aromatic nitrogens is 3. The number of nitrogens with one attached hydrogen (secondary N) is 3. The van der Waals surface area contributed by atoms with Gasteiger partial charge in [0.1, 0.15) is 17.5 Å². The number of rotatable bonds is 4. The van der Waals surface area contributed by atoms with Gasteiger partial charge < -0.3 is 16.0 Å². The lowest BCUT2D eigenvalue weighted by Crippen LogP contribution is -2.40. The Balaban J connectivity index is 1.44. The first-order valence-corrected chi connectivity index (χ1v) is 8.55. The number of hydrogen-bond donors (Lipinski definition) is 3. The van der Waals surface area contributed by atoms with Gasteiger partial charge in [0, 0.05) is 6.04 Å². The lowest BCUT2D eigenvalue weighted by molar-refractivity contribution is 0.344. The molecule has 1 aromatic heterocycles. The maximum Gasteiger partial charge on any atom is 0.143 e. The molecule has 1 unspecified atom stereocenters. The van der Waals surface area contributed by atoms with E-state index in [1.165, 1.54) is 0 Å². The summed E-state index contributed by atoms with van der Waals surface area (Å²) in [5.74, 6) is 1.49. The molecule has 1 fully saturated rings. The second-order valence-corrected chi connectivity index (χ2v) is 6.50. The van der Waals surface area contributed by atoms with E-state index in [1.807, 2.05) is 28.9 Å². The van der Waals surface area contributed by atoms with Crippen molar-refractivity contribution in [2.45, 2.75) is 37.9 Å². The molecule has 2 heterocycles. The first-order valence-electron chi connectivity index (χ1n) is 8.55. The van der Waals surface area contributed by atoms with Gasteiger partial charge in [0.05, 0.1) is 5.52 Å². The van der Waals surface area contributed by atoms with Crippen LogP contribution in [-0.2, 0) is 0 Å². The zero-order chi connectivity index (χ0) is 16.4. The van der Waals surface area contributed by atoms with Crippen LogP contribution in [0, 0.1) is 11.3 Å². The molecule has 1 aromatic carbocycles. The third-order valence-electron chi connectivity index (χ3n) is 4.87. The number of fused-ring (bicyclic) bond motifs is 1. The van der Waals surface area contributed by atoms with Gasteiger partial charge in [-0.05, 0) is 62.1 Å². The van der Waals surface area contributed by atoms with E-state index < -0.39 is 0 Å². The fourth-order valence-electron chi connectivity index (χ4n) is 3.49. The van der Waals surface area contributed by atoms with Gasteiger partial charge in [-0.2, -0.15) is 0 Å². The van der Waals surface area contributed by atoms with Crippen molar-refractivity contribution in [1.82, 2.24) is 25.6 Å². The van der Waals surface area contributed by atoms with Gasteiger partial charge in [-0.1, -0.05) is 23.4 Å². The Morgan fingerprint density at radius 2 is 2.04 bits per heavy atom. The third kappa shape index (κ3) is 2.91. The third-order valence-corrected chi connectivity index (χ3v) is 4.87. The predicted molar refractivity (Wildman–Crippen MR) is 94.6 cm³/mol. The maximum absolute atomic E-state index is 7.39. The first-order chi connectivity index (χ1) is 11.8. The quantitative estimate of drug-likeness (QED) is 0.756. The highest BCUT2D eigenvalue weighted by Gasteiger charge is 2.22. The van der Waals surface area contributed by atoms with Gasteiger partial charge in [-0.15, -0.1) is 5.10 Å². The predicted octanol–water partition coefficient (Wildman–Crippen LogP) is 2.73. The molecule has 1 aliphatic heterocycles. The molecule has 24 heavy (non-hydrogen) atoms. The minimum atomic E-state index is -0.0391. The summed E-state index contributed by atoms with van der Waals surface area (Å²) in [6.07, 6.45) is 12.2. The Labute approximate surface area is 141 Å². The van der Waals surface area contributed by atoms with Gasteiger partial charge in [-0.3, -0.25) is 0 Å². The van der Waals surface area contributed by atoms with Crippen molar-refractivity contribution in [3.63, 3.8) is 0 Å². The first kappa shape index (κ1) is 14.9. The summed E-state index contributed by atoms with van der Waals surface area (Å²) in [5.41, 5.74) is 1.93. The summed E-state index contributed by atoms with van der Waals surface area (Å²) in [6.45, 7) is 0. The smallest absolute Gasteiger partial charge is 0.143 e. The average molecular weight is 322 g/mol. The summed E-state index contributed by atoms with van der Waals surface area (Å²) < 4.78 is 1.91. The molecule has 0 spiro atoms. The van der Waals surface area contributed by atoms with Gasteiger partial charge in [-0.25, -0.2) is 4.68 Å². The zero-order valence-electron chi connectivity index (χ0n) is 13.5. The monoisotopic (exact) mass is 322 g/mol. The van der Waals surface area contributed by atoms with Crippen LogP contribution in [0.2, 0.25) is 0 Å². The second kappa shape index (κ2) is 6.47. The molecule has 0 saturated heterocycles.